The van der Waals surface area contributed by atoms with Gasteiger partial charge in [-0.2, -0.15) is 0 Å². The van der Waals surface area contributed by atoms with Crippen LogP contribution in [0.15, 0.2) is 29.6 Å². The smallest absolute Gasteiger partial charge is 0.339 e. The molecule has 0 aliphatic rings. The van der Waals surface area contributed by atoms with Crippen LogP contribution in [0.5, 0.6) is 0 Å². The van der Waals surface area contributed by atoms with Gasteiger partial charge in [0.05, 0.1) is 12.2 Å². The molecule has 2 nitrogen and oxygen atoms in total. The molecule has 3 heteroatoms. The molecule has 0 fully saturated rings. The summed E-state index contributed by atoms with van der Waals surface area (Å²) in [6.07, 6.45) is 0.855. The second-order valence-corrected chi connectivity index (χ2v) is 4.19. The Labute approximate surface area is 106 Å². The summed E-state index contributed by atoms with van der Waals surface area (Å²) in [5, 5.41) is 2.85. The molecule has 0 unspecified atom stereocenters. The molecule has 2 rings (SSSR count). The van der Waals surface area contributed by atoms with Gasteiger partial charge in [-0.05, 0) is 12.5 Å². The van der Waals surface area contributed by atoms with Gasteiger partial charge in [0, 0.05) is 15.5 Å². The third kappa shape index (κ3) is 3.30. The van der Waals surface area contributed by atoms with E-state index in [4.69, 9.17) is 4.74 Å². The number of thiophene rings is 1. The third-order valence-corrected chi connectivity index (χ3v) is 3.10. The number of esters is 1. The molecule has 0 aliphatic carbocycles. The second-order valence-electron chi connectivity index (χ2n) is 3.28. The van der Waals surface area contributed by atoms with Crippen LogP contribution in [0.2, 0.25) is 0 Å². The van der Waals surface area contributed by atoms with Crippen molar-refractivity contribution in [3.8, 4) is 0 Å². The molecular formula is C14H18O2S. The van der Waals surface area contributed by atoms with Crippen LogP contribution >= 0.6 is 11.3 Å². The number of hydrogen-bond donors (Lipinski definition) is 0. The molecule has 17 heavy (non-hydrogen) atoms. The molecule has 2 aromatic rings. The zero-order chi connectivity index (χ0) is 12.7. The number of rotatable bonds is 3. The molecule has 0 amide bonds. The van der Waals surface area contributed by atoms with Crippen molar-refractivity contribution in [3.63, 3.8) is 0 Å². The first-order valence-corrected chi connectivity index (χ1v) is 6.84. The maximum absolute atomic E-state index is 11.7. The van der Waals surface area contributed by atoms with E-state index in [9.17, 15) is 4.79 Å². The van der Waals surface area contributed by atoms with Crippen LogP contribution in [0.1, 0.15) is 37.6 Å². The fraction of sp³-hybridized carbons (Fsp3) is 0.357. The molecule has 1 aromatic heterocycles. The first-order valence-electron chi connectivity index (χ1n) is 5.96. The first kappa shape index (κ1) is 13.7. The summed E-state index contributed by atoms with van der Waals surface area (Å²) in [5.41, 5.74) is 0.684. The van der Waals surface area contributed by atoms with Crippen molar-refractivity contribution in [1.82, 2.24) is 0 Å². The van der Waals surface area contributed by atoms with E-state index in [0.29, 0.717) is 12.2 Å². The Morgan fingerprint density at radius 1 is 1.29 bits per heavy atom. The Balaban J connectivity index is 0.000000686. The van der Waals surface area contributed by atoms with Crippen LogP contribution in [0.3, 0.4) is 0 Å². The summed E-state index contributed by atoms with van der Waals surface area (Å²) in [6.45, 7) is 6.47. The fourth-order valence-corrected chi connectivity index (χ4v) is 2.34. The van der Waals surface area contributed by atoms with Crippen molar-refractivity contribution in [2.24, 2.45) is 0 Å². The molecule has 92 valence electrons. The molecular weight excluding hydrogens is 232 g/mol. The van der Waals surface area contributed by atoms with Gasteiger partial charge in [-0.3, -0.25) is 0 Å². The van der Waals surface area contributed by atoms with Crippen LogP contribution in [-0.4, -0.2) is 12.6 Å². The second kappa shape index (κ2) is 7.07. The standard InChI is InChI=1S/C12H12O2S.C2H6/c1-2-7-14-12(13)10-8-15-11-6-4-3-5-9(10)11;1-2/h3-6,8H,2,7H2,1H3;1-2H3. The van der Waals surface area contributed by atoms with Gasteiger partial charge in [-0.25, -0.2) is 4.79 Å². The maximum Gasteiger partial charge on any atom is 0.339 e. The van der Waals surface area contributed by atoms with Gasteiger partial charge in [0.15, 0.2) is 0 Å². The van der Waals surface area contributed by atoms with Gasteiger partial charge >= 0.3 is 5.97 Å². The van der Waals surface area contributed by atoms with Crippen molar-refractivity contribution in [1.29, 1.82) is 0 Å². The summed E-state index contributed by atoms with van der Waals surface area (Å²) in [7, 11) is 0. The Morgan fingerprint density at radius 2 is 2.00 bits per heavy atom. The summed E-state index contributed by atoms with van der Waals surface area (Å²) in [6, 6.07) is 7.87. The zero-order valence-corrected chi connectivity index (χ0v) is 11.3. The highest BCUT2D eigenvalue weighted by molar-refractivity contribution is 7.17. The molecule has 0 radical (unpaired) electrons. The lowest BCUT2D eigenvalue weighted by Gasteiger charge is -2.01. The molecule has 0 aliphatic heterocycles. The predicted octanol–water partition coefficient (Wildman–Crippen LogP) is 4.49. The van der Waals surface area contributed by atoms with E-state index in [1.807, 2.05) is 50.4 Å². The highest BCUT2D eigenvalue weighted by atomic mass is 32.1. The molecule has 1 heterocycles. The number of hydrogen-bond acceptors (Lipinski definition) is 3. The molecule has 0 saturated heterocycles. The summed E-state index contributed by atoms with van der Waals surface area (Å²) in [4.78, 5) is 11.7. The predicted molar refractivity (Wildman–Crippen MR) is 73.7 cm³/mol. The van der Waals surface area contributed by atoms with E-state index in [1.54, 1.807) is 11.3 Å². The summed E-state index contributed by atoms with van der Waals surface area (Å²) >= 11 is 1.57. The molecule has 0 bridgehead atoms. The minimum Gasteiger partial charge on any atom is -0.462 e. The van der Waals surface area contributed by atoms with Gasteiger partial charge in [0.2, 0.25) is 0 Å². The number of carbonyl (C=O) groups excluding carboxylic acids is 1. The average molecular weight is 250 g/mol. The van der Waals surface area contributed by atoms with E-state index >= 15 is 0 Å². The summed E-state index contributed by atoms with van der Waals surface area (Å²) in [5.74, 6) is -0.214. The molecule has 0 spiro atoms. The van der Waals surface area contributed by atoms with Crippen LogP contribution in [0.4, 0.5) is 0 Å². The van der Waals surface area contributed by atoms with E-state index in [1.165, 1.54) is 0 Å². The van der Waals surface area contributed by atoms with Gasteiger partial charge in [0.1, 0.15) is 0 Å². The minimum atomic E-state index is -0.214. The lowest BCUT2D eigenvalue weighted by Crippen LogP contribution is -2.04. The molecule has 0 atom stereocenters. The average Bonchev–Trinajstić information content (AvgIpc) is 2.82. The van der Waals surface area contributed by atoms with Crippen molar-refractivity contribution in [2.45, 2.75) is 27.2 Å². The van der Waals surface area contributed by atoms with E-state index in [0.717, 1.165) is 16.5 Å². The molecule has 1 aromatic carbocycles. The van der Waals surface area contributed by atoms with E-state index < -0.39 is 0 Å². The highest BCUT2D eigenvalue weighted by Crippen LogP contribution is 2.26. The SMILES string of the molecule is CC.CCCOC(=O)c1csc2ccccc12. The van der Waals surface area contributed by atoms with E-state index in [2.05, 4.69) is 0 Å². The van der Waals surface area contributed by atoms with E-state index in [-0.39, 0.29) is 5.97 Å². The van der Waals surface area contributed by atoms with Crippen molar-refractivity contribution in [2.75, 3.05) is 6.61 Å². The number of carbonyl (C=O) groups is 1. The first-order chi connectivity index (χ1) is 8.33. The van der Waals surface area contributed by atoms with Crippen molar-refractivity contribution < 1.29 is 9.53 Å². The van der Waals surface area contributed by atoms with Gasteiger partial charge in [0.25, 0.3) is 0 Å². The zero-order valence-electron chi connectivity index (χ0n) is 10.5. The third-order valence-electron chi connectivity index (χ3n) is 2.14. The van der Waals surface area contributed by atoms with Gasteiger partial charge < -0.3 is 4.74 Å². The number of fused-ring (bicyclic) bond motifs is 1. The quantitative estimate of drug-likeness (QED) is 0.750. The largest absolute Gasteiger partial charge is 0.462 e. The van der Waals surface area contributed by atoms with Crippen LogP contribution in [0.25, 0.3) is 10.1 Å². The molecule has 0 N–H and O–H groups in total. The van der Waals surface area contributed by atoms with Crippen LogP contribution in [-0.2, 0) is 4.74 Å². The normalized spacial score (nSPS) is 9.59. The monoisotopic (exact) mass is 250 g/mol. The topological polar surface area (TPSA) is 26.3 Å². The van der Waals surface area contributed by atoms with Crippen molar-refractivity contribution in [3.05, 3.63) is 35.2 Å². The minimum absolute atomic E-state index is 0.214. The summed E-state index contributed by atoms with van der Waals surface area (Å²) < 4.78 is 6.24. The Kier molecular flexibility index (Phi) is 5.70. The highest BCUT2D eigenvalue weighted by Gasteiger charge is 2.12. The van der Waals surface area contributed by atoms with Gasteiger partial charge in [-0.15, -0.1) is 11.3 Å². The van der Waals surface area contributed by atoms with Crippen LogP contribution in [0, 0.1) is 0 Å². The van der Waals surface area contributed by atoms with Gasteiger partial charge in [-0.1, -0.05) is 39.0 Å². The maximum atomic E-state index is 11.7. The Morgan fingerprint density at radius 3 is 2.71 bits per heavy atom. The van der Waals surface area contributed by atoms with Crippen LogP contribution < -0.4 is 0 Å². The number of benzene rings is 1. The molecule has 0 saturated carbocycles. The Hall–Kier alpha value is -1.35. The van der Waals surface area contributed by atoms with Crippen molar-refractivity contribution >= 4 is 27.4 Å². The fourth-order valence-electron chi connectivity index (χ4n) is 1.41. The Bertz CT molecular complexity index is 474. The lowest BCUT2D eigenvalue weighted by molar-refractivity contribution is 0.0508. The number of ether oxygens (including phenoxy) is 1. The lowest BCUT2D eigenvalue weighted by atomic mass is 10.2.